The lowest BCUT2D eigenvalue weighted by atomic mass is 10.1. The highest BCUT2D eigenvalue weighted by Crippen LogP contribution is 2.34. The molecule has 7 heteroatoms. The molecular formula is C26H27BrN4O2. The molecule has 0 aromatic heterocycles. The van der Waals surface area contributed by atoms with E-state index < -0.39 is 0 Å². The first-order valence-corrected chi connectivity index (χ1v) is 12.0. The van der Waals surface area contributed by atoms with Crippen molar-refractivity contribution in [3.63, 3.8) is 0 Å². The van der Waals surface area contributed by atoms with Crippen LogP contribution in [0.5, 0.6) is 0 Å². The monoisotopic (exact) mass is 506 g/mol. The second-order valence-electron chi connectivity index (χ2n) is 8.52. The lowest BCUT2D eigenvalue weighted by Crippen LogP contribution is -2.36. The van der Waals surface area contributed by atoms with Gasteiger partial charge in [0.1, 0.15) is 0 Å². The smallest absolute Gasteiger partial charge is 0.258 e. The summed E-state index contributed by atoms with van der Waals surface area (Å²) in [4.78, 5) is 17.2. The number of halogens is 1. The number of benzene rings is 3. The Balaban J connectivity index is 1.32. The molecule has 0 saturated carbocycles. The number of fused-ring (bicyclic) bond motifs is 1. The van der Waals surface area contributed by atoms with E-state index in [1.165, 1.54) is 5.56 Å². The van der Waals surface area contributed by atoms with E-state index in [1.807, 2.05) is 42.5 Å². The van der Waals surface area contributed by atoms with Crippen molar-refractivity contribution in [2.24, 2.45) is 0 Å². The third kappa shape index (κ3) is 4.43. The van der Waals surface area contributed by atoms with Crippen molar-refractivity contribution in [3.8, 4) is 0 Å². The molecule has 2 aliphatic heterocycles. The van der Waals surface area contributed by atoms with Gasteiger partial charge in [-0.1, -0.05) is 28.1 Å². The molecule has 5 rings (SSSR count). The highest BCUT2D eigenvalue weighted by molar-refractivity contribution is 9.10. The molecule has 1 atom stereocenters. The lowest BCUT2D eigenvalue weighted by Gasteiger charge is -2.29. The van der Waals surface area contributed by atoms with Crippen molar-refractivity contribution in [1.29, 1.82) is 0 Å². The van der Waals surface area contributed by atoms with Crippen LogP contribution in [0.4, 0.5) is 22.7 Å². The molecule has 2 heterocycles. The maximum Gasteiger partial charge on any atom is 0.258 e. The summed E-state index contributed by atoms with van der Waals surface area (Å²) in [6.45, 7) is 5.88. The maximum atomic E-state index is 13.1. The summed E-state index contributed by atoms with van der Waals surface area (Å²) in [5.41, 5.74) is 12.8. The molecule has 33 heavy (non-hydrogen) atoms. The van der Waals surface area contributed by atoms with Gasteiger partial charge >= 0.3 is 0 Å². The van der Waals surface area contributed by atoms with Crippen LogP contribution >= 0.6 is 15.9 Å². The van der Waals surface area contributed by atoms with Crippen LogP contribution in [0.25, 0.3) is 0 Å². The van der Waals surface area contributed by atoms with Crippen LogP contribution in [0.3, 0.4) is 0 Å². The Labute approximate surface area is 202 Å². The van der Waals surface area contributed by atoms with Crippen molar-refractivity contribution in [1.82, 2.24) is 0 Å². The van der Waals surface area contributed by atoms with E-state index in [0.717, 1.165) is 59.0 Å². The summed E-state index contributed by atoms with van der Waals surface area (Å²) in [7, 11) is 0. The molecule has 0 spiro atoms. The first-order chi connectivity index (χ1) is 16.0. The van der Waals surface area contributed by atoms with Gasteiger partial charge in [0, 0.05) is 40.5 Å². The number of ether oxygens (including phenoxy) is 1. The number of nitrogens with one attached hydrogen (secondary N) is 1. The van der Waals surface area contributed by atoms with E-state index in [4.69, 9.17) is 10.5 Å². The molecule has 3 aromatic rings. The van der Waals surface area contributed by atoms with E-state index >= 15 is 0 Å². The molecule has 3 aromatic carbocycles. The predicted octanol–water partition coefficient (Wildman–Crippen LogP) is 5.20. The highest BCUT2D eigenvalue weighted by Gasteiger charge is 2.29. The summed E-state index contributed by atoms with van der Waals surface area (Å²) < 4.78 is 6.51. The molecule has 2 aliphatic rings. The SMILES string of the molecule is CC(Nc1ccc(N2Cc3cc(N4CCOCC4)ccc3C2=O)cc1N)c1ccc(Br)cc1. The molecule has 170 valence electrons. The number of anilines is 4. The molecule has 1 fully saturated rings. The van der Waals surface area contributed by atoms with Gasteiger partial charge in [0.25, 0.3) is 5.91 Å². The number of nitrogens with zero attached hydrogens (tertiary/aromatic N) is 2. The number of carbonyl (C=O) groups excluding carboxylic acids is 1. The minimum atomic E-state index is 0.0156. The van der Waals surface area contributed by atoms with Crippen LogP contribution in [0, 0.1) is 0 Å². The van der Waals surface area contributed by atoms with Gasteiger partial charge in [0.2, 0.25) is 0 Å². The molecule has 3 N–H and O–H groups in total. The van der Waals surface area contributed by atoms with Gasteiger partial charge in [-0.15, -0.1) is 0 Å². The predicted molar refractivity (Wildman–Crippen MR) is 137 cm³/mol. The molecule has 0 radical (unpaired) electrons. The number of hydrogen-bond donors (Lipinski definition) is 2. The largest absolute Gasteiger partial charge is 0.397 e. The van der Waals surface area contributed by atoms with Gasteiger partial charge in [0.15, 0.2) is 0 Å². The van der Waals surface area contributed by atoms with Gasteiger partial charge in [-0.2, -0.15) is 0 Å². The zero-order valence-corrected chi connectivity index (χ0v) is 20.1. The number of morpholine rings is 1. The molecule has 1 saturated heterocycles. The van der Waals surface area contributed by atoms with Crippen LogP contribution in [0.2, 0.25) is 0 Å². The van der Waals surface area contributed by atoms with Gasteiger partial charge in [-0.05, 0) is 66.6 Å². The Morgan fingerprint density at radius 1 is 1.00 bits per heavy atom. The highest BCUT2D eigenvalue weighted by atomic mass is 79.9. The fourth-order valence-electron chi connectivity index (χ4n) is 4.45. The second-order valence-corrected chi connectivity index (χ2v) is 9.44. The van der Waals surface area contributed by atoms with Crippen molar-refractivity contribution >= 4 is 44.6 Å². The quantitative estimate of drug-likeness (QED) is 0.465. The molecule has 1 amide bonds. The van der Waals surface area contributed by atoms with Crippen molar-refractivity contribution in [2.75, 3.05) is 47.2 Å². The van der Waals surface area contributed by atoms with Crippen LogP contribution in [0.1, 0.15) is 34.5 Å². The van der Waals surface area contributed by atoms with Crippen molar-refractivity contribution in [3.05, 3.63) is 81.8 Å². The average Bonchev–Trinajstić information content (AvgIpc) is 3.17. The number of nitrogen functional groups attached to an aromatic ring is 1. The maximum absolute atomic E-state index is 13.1. The van der Waals surface area contributed by atoms with Gasteiger partial charge in [0.05, 0.1) is 31.1 Å². The van der Waals surface area contributed by atoms with Gasteiger partial charge in [-0.25, -0.2) is 0 Å². The lowest BCUT2D eigenvalue weighted by molar-refractivity contribution is 0.0996. The molecular weight excluding hydrogens is 480 g/mol. The molecule has 0 bridgehead atoms. The van der Waals surface area contributed by atoms with Crippen LogP contribution in [-0.4, -0.2) is 32.2 Å². The van der Waals surface area contributed by atoms with Gasteiger partial charge < -0.3 is 25.6 Å². The fraction of sp³-hybridized carbons (Fsp3) is 0.269. The van der Waals surface area contributed by atoms with E-state index in [-0.39, 0.29) is 11.9 Å². The Bertz CT molecular complexity index is 1180. The third-order valence-corrected chi connectivity index (χ3v) is 6.89. The normalized spacial score (nSPS) is 16.6. The van der Waals surface area contributed by atoms with E-state index in [9.17, 15) is 4.79 Å². The zero-order valence-electron chi connectivity index (χ0n) is 18.6. The standard InChI is InChI=1S/C26H27BrN4O2/c1-17(18-2-4-20(27)5-3-18)29-25-9-7-22(15-24(25)28)31-16-19-14-21(6-8-23(19)26(31)32)30-10-12-33-13-11-30/h2-9,14-15,17,29H,10-13,16,28H2,1H3. The number of nitrogens with two attached hydrogens (primary N) is 1. The number of amides is 1. The van der Waals surface area contributed by atoms with Crippen molar-refractivity contribution in [2.45, 2.75) is 19.5 Å². The van der Waals surface area contributed by atoms with E-state index in [2.05, 4.69) is 51.3 Å². The van der Waals surface area contributed by atoms with Crippen LogP contribution in [0.15, 0.2) is 65.1 Å². The average molecular weight is 507 g/mol. The Hall–Kier alpha value is -3.03. The number of rotatable bonds is 5. The van der Waals surface area contributed by atoms with Crippen molar-refractivity contribution < 1.29 is 9.53 Å². The fourth-order valence-corrected chi connectivity index (χ4v) is 4.72. The first kappa shape index (κ1) is 21.8. The summed E-state index contributed by atoms with van der Waals surface area (Å²) >= 11 is 3.47. The summed E-state index contributed by atoms with van der Waals surface area (Å²) in [6.07, 6.45) is 0. The Morgan fingerprint density at radius 3 is 2.45 bits per heavy atom. The summed E-state index contributed by atoms with van der Waals surface area (Å²) in [6, 6.07) is 20.2. The molecule has 1 unspecified atom stereocenters. The van der Waals surface area contributed by atoms with E-state index in [0.29, 0.717) is 12.2 Å². The minimum absolute atomic E-state index is 0.0156. The Kier molecular flexibility index (Phi) is 6.00. The molecule has 0 aliphatic carbocycles. The number of hydrogen-bond acceptors (Lipinski definition) is 5. The Morgan fingerprint density at radius 2 is 1.73 bits per heavy atom. The summed E-state index contributed by atoms with van der Waals surface area (Å²) in [5, 5.41) is 3.48. The third-order valence-electron chi connectivity index (χ3n) is 6.36. The topological polar surface area (TPSA) is 70.8 Å². The van der Waals surface area contributed by atoms with E-state index in [1.54, 1.807) is 4.90 Å². The van der Waals surface area contributed by atoms with Crippen LogP contribution in [-0.2, 0) is 11.3 Å². The zero-order chi connectivity index (χ0) is 22.9. The molecule has 6 nitrogen and oxygen atoms in total. The van der Waals surface area contributed by atoms with Crippen LogP contribution < -0.4 is 20.9 Å². The summed E-state index contributed by atoms with van der Waals surface area (Å²) in [5.74, 6) is 0.0156. The second kappa shape index (κ2) is 9.08. The first-order valence-electron chi connectivity index (χ1n) is 11.2. The number of carbonyl (C=O) groups is 1. The minimum Gasteiger partial charge on any atom is -0.397 e. The van der Waals surface area contributed by atoms with Gasteiger partial charge in [-0.3, -0.25) is 4.79 Å².